The van der Waals surface area contributed by atoms with Gasteiger partial charge in [0.1, 0.15) is 0 Å². The number of hydrogen-bond acceptors (Lipinski definition) is 2. The van der Waals surface area contributed by atoms with Crippen LogP contribution in [0, 0.1) is 0 Å². The Labute approximate surface area is 143 Å². The molecule has 0 spiro atoms. The van der Waals surface area contributed by atoms with Gasteiger partial charge in [0.2, 0.25) is 5.91 Å². The Morgan fingerprint density at radius 1 is 1.17 bits per heavy atom. The molecule has 0 fully saturated rings. The molecule has 4 rings (SSSR count). The number of aromatic amines is 1. The van der Waals surface area contributed by atoms with Gasteiger partial charge in [0.25, 0.3) is 5.56 Å². The molecule has 1 amide bonds. The van der Waals surface area contributed by atoms with Crippen LogP contribution >= 0.6 is 11.6 Å². The van der Waals surface area contributed by atoms with Crippen molar-refractivity contribution in [2.75, 3.05) is 11.4 Å². The van der Waals surface area contributed by atoms with Gasteiger partial charge in [0, 0.05) is 28.3 Å². The maximum Gasteiger partial charge on any atom is 0.252 e. The van der Waals surface area contributed by atoms with Gasteiger partial charge >= 0.3 is 0 Å². The number of carbonyl (C=O) groups is 1. The molecule has 0 radical (unpaired) electrons. The van der Waals surface area contributed by atoms with Crippen molar-refractivity contribution in [1.82, 2.24) is 4.98 Å². The fraction of sp³-hybridized carbons (Fsp3) is 0.158. The van der Waals surface area contributed by atoms with Gasteiger partial charge < -0.3 is 9.88 Å². The molecule has 0 saturated heterocycles. The van der Waals surface area contributed by atoms with Gasteiger partial charge in [-0.05, 0) is 47.7 Å². The third-order valence-electron chi connectivity index (χ3n) is 4.41. The number of carbonyl (C=O) groups excluding carboxylic acids is 1. The predicted octanol–water partition coefficient (Wildman–Crippen LogP) is 3.31. The smallest absolute Gasteiger partial charge is 0.252 e. The Kier molecular flexibility index (Phi) is 3.62. The third-order valence-corrected chi connectivity index (χ3v) is 4.65. The number of rotatable bonds is 2. The maximum atomic E-state index is 12.7. The molecule has 1 aromatic heterocycles. The van der Waals surface area contributed by atoms with Gasteiger partial charge in [-0.2, -0.15) is 0 Å². The van der Waals surface area contributed by atoms with Gasteiger partial charge in [-0.25, -0.2) is 0 Å². The van der Waals surface area contributed by atoms with Crippen molar-refractivity contribution < 1.29 is 4.79 Å². The topological polar surface area (TPSA) is 53.2 Å². The number of H-pyrrole nitrogens is 1. The lowest BCUT2D eigenvalue weighted by atomic mass is 10.1. The first kappa shape index (κ1) is 15.0. The fourth-order valence-electron chi connectivity index (χ4n) is 3.21. The molecule has 1 aliphatic rings. The van der Waals surface area contributed by atoms with E-state index >= 15 is 0 Å². The molecule has 0 atom stereocenters. The van der Waals surface area contributed by atoms with E-state index in [2.05, 4.69) is 4.98 Å². The lowest BCUT2D eigenvalue weighted by Gasteiger charge is -2.17. The highest BCUT2D eigenvalue weighted by Crippen LogP contribution is 2.30. The second-order valence-electron chi connectivity index (χ2n) is 5.96. The number of para-hydroxylation sites is 1. The predicted molar refractivity (Wildman–Crippen MR) is 95.8 cm³/mol. The standard InChI is InChI=1S/C19H15ClN2O2/c20-15-5-6-17-13(10-15)7-8-22(17)18(23)11-14-9-12-3-1-2-4-16(12)21-19(14)24/h1-6,9-10H,7-8,11H2,(H,21,24). The molecule has 1 N–H and O–H groups in total. The number of amides is 1. The largest absolute Gasteiger partial charge is 0.322 e. The molecule has 2 aromatic carbocycles. The van der Waals surface area contributed by atoms with Crippen LogP contribution in [0.25, 0.3) is 10.9 Å². The zero-order valence-electron chi connectivity index (χ0n) is 12.9. The SMILES string of the molecule is O=C(Cc1cc2ccccc2[nH]c1=O)N1CCc2cc(Cl)ccc21. The summed E-state index contributed by atoms with van der Waals surface area (Å²) >= 11 is 6.01. The van der Waals surface area contributed by atoms with E-state index in [1.165, 1.54) is 0 Å². The van der Waals surface area contributed by atoms with E-state index in [1.807, 2.05) is 36.4 Å². The molecule has 0 unspecified atom stereocenters. The van der Waals surface area contributed by atoms with E-state index in [0.717, 1.165) is 28.6 Å². The third kappa shape index (κ3) is 2.59. The van der Waals surface area contributed by atoms with E-state index in [1.54, 1.807) is 17.0 Å². The second-order valence-corrected chi connectivity index (χ2v) is 6.39. The molecule has 4 nitrogen and oxygen atoms in total. The molecule has 1 aliphatic heterocycles. The van der Waals surface area contributed by atoms with Crippen LogP contribution in [0.4, 0.5) is 5.69 Å². The highest BCUT2D eigenvalue weighted by atomic mass is 35.5. The van der Waals surface area contributed by atoms with E-state index in [4.69, 9.17) is 11.6 Å². The van der Waals surface area contributed by atoms with E-state index in [0.29, 0.717) is 17.1 Å². The molecule has 0 saturated carbocycles. The molecule has 0 bridgehead atoms. The summed E-state index contributed by atoms with van der Waals surface area (Å²) in [4.78, 5) is 29.5. The summed E-state index contributed by atoms with van der Waals surface area (Å²) in [5.74, 6) is -0.0724. The Bertz CT molecular complexity index is 1010. The molecule has 120 valence electrons. The number of aromatic nitrogens is 1. The molecule has 3 aromatic rings. The highest BCUT2D eigenvalue weighted by molar-refractivity contribution is 6.30. The van der Waals surface area contributed by atoms with Crippen molar-refractivity contribution in [2.24, 2.45) is 0 Å². The van der Waals surface area contributed by atoms with Crippen molar-refractivity contribution >= 4 is 34.1 Å². The summed E-state index contributed by atoms with van der Waals surface area (Å²) in [6, 6.07) is 14.9. The molecule has 2 heterocycles. The molecular weight excluding hydrogens is 324 g/mol. The van der Waals surface area contributed by atoms with Gasteiger partial charge in [0.15, 0.2) is 0 Å². The van der Waals surface area contributed by atoms with E-state index < -0.39 is 0 Å². The van der Waals surface area contributed by atoms with Crippen molar-refractivity contribution in [3.8, 4) is 0 Å². The zero-order valence-corrected chi connectivity index (χ0v) is 13.6. The number of hydrogen-bond donors (Lipinski definition) is 1. The van der Waals surface area contributed by atoms with Crippen LogP contribution in [0.1, 0.15) is 11.1 Å². The van der Waals surface area contributed by atoms with E-state index in [9.17, 15) is 9.59 Å². The normalized spacial score (nSPS) is 13.3. The van der Waals surface area contributed by atoms with Crippen LogP contribution in [0.3, 0.4) is 0 Å². The Hall–Kier alpha value is -2.59. The molecular formula is C19H15ClN2O2. The zero-order chi connectivity index (χ0) is 16.7. The number of nitrogens with one attached hydrogen (secondary N) is 1. The number of benzene rings is 2. The van der Waals surface area contributed by atoms with Gasteiger partial charge in [-0.3, -0.25) is 9.59 Å². The summed E-state index contributed by atoms with van der Waals surface area (Å²) in [7, 11) is 0. The van der Waals surface area contributed by atoms with Crippen molar-refractivity contribution in [3.05, 3.63) is 75.0 Å². The van der Waals surface area contributed by atoms with Crippen LogP contribution < -0.4 is 10.5 Å². The summed E-state index contributed by atoms with van der Waals surface area (Å²) in [5.41, 5.74) is 3.02. The quantitative estimate of drug-likeness (QED) is 0.779. The van der Waals surface area contributed by atoms with Crippen LogP contribution in [0.5, 0.6) is 0 Å². The summed E-state index contributed by atoms with van der Waals surface area (Å²) in [6.45, 7) is 0.625. The summed E-state index contributed by atoms with van der Waals surface area (Å²) in [5, 5.41) is 1.60. The first-order chi connectivity index (χ1) is 11.6. The van der Waals surface area contributed by atoms with Gasteiger partial charge in [-0.15, -0.1) is 0 Å². The van der Waals surface area contributed by atoms with E-state index in [-0.39, 0.29) is 17.9 Å². The lowest BCUT2D eigenvalue weighted by molar-refractivity contribution is -0.117. The molecule has 24 heavy (non-hydrogen) atoms. The Balaban J connectivity index is 1.64. The van der Waals surface area contributed by atoms with Crippen LogP contribution in [0.2, 0.25) is 5.02 Å². The Morgan fingerprint density at radius 2 is 2.00 bits per heavy atom. The molecule has 0 aliphatic carbocycles. The number of fused-ring (bicyclic) bond motifs is 2. The monoisotopic (exact) mass is 338 g/mol. The first-order valence-electron chi connectivity index (χ1n) is 7.81. The average molecular weight is 339 g/mol. The first-order valence-corrected chi connectivity index (χ1v) is 8.19. The summed E-state index contributed by atoms with van der Waals surface area (Å²) in [6.07, 6.45) is 0.873. The minimum absolute atomic E-state index is 0.0724. The maximum absolute atomic E-state index is 12.7. The minimum Gasteiger partial charge on any atom is -0.322 e. The van der Waals surface area contributed by atoms with Crippen LogP contribution in [-0.2, 0) is 17.6 Å². The number of nitrogens with zero attached hydrogens (tertiary/aromatic N) is 1. The lowest BCUT2D eigenvalue weighted by Crippen LogP contribution is -2.32. The number of anilines is 1. The summed E-state index contributed by atoms with van der Waals surface area (Å²) < 4.78 is 0. The number of halogens is 1. The van der Waals surface area contributed by atoms with Crippen LogP contribution in [0.15, 0.2) is 53.3 Å². The second kappa shape index (κ2) is 5.80. The van der Waals surface area contributed by atoms with Crippen molar-refractivity contribution in [2.45, 2.75) is 12.8 Å². The number of pyridine rings is 1. The Morgan fingerprint density at radius 3 is 2.88 bits per heavy atom. The van der Waals surface area contributed by atoms with Crippen molar-refractivity contribution in [1.29, 1.82) is 0 Å². The van der Waals surface area contributed by atoms with Gasteiger partial charge in [-0.1, -0.05) is 29.8 Å². The average Bonchev–Trinajstić information content (AvgIpc) is 2.98. The molecule has 5 heteroatoms. The van der Waals surface area contributed by atoms with Gasteiger partial charge in [0.05, 0.1) is 6.42 Å². The van der Waals surface area contributed by atoms with Crippen LogP contribution in [-0.4, -0.2) is 17.4 Å². The fourth-order valence-corrected chi connectivity index (χ4v) is 3.41. The highest BCUT2D eigenvalue weighted by Gasteiger charge is 2.25. The minimum atomic E-state index is -0.211. The van der Waals surface area contributed by atoms with Crippen molar-refractivity contribution in [3.63, 3.8) is 0 Å².